The molecule has 12 heteroatoms. The molecular weight excluding hydrogens is 426 g/mol. The summed E-state index contributed by atoms with van der Waals surface area (Å²) < 4.78 is 0. The van der Waals surface area contributed by atoms with Crippen LogP contribution in [-0.4, -0.2) is 70.9 Å². The Kier molecular flexibility index (Phi) is 12.8. The summed E-state index contributed by atoms with van der Waals surface area (Å²) >= 11 is 1.46. The predicted molar refractivity (Wildman–Crippen MR) is 118 cm³/mol. The van der Waals surface area contributed by atoms with E-state index < -0.39 is 53.8 Å². The average molecular weight is 462 g/mol. The molecule has 0 heterocycles. The number of thioether (sulfide) groups is 1. The van der Waals surface area contributed by atoms with Crippen molar-refractivity contribution >= 4 is 41.4 Å². The second-order valence-electron chi connectivity index (χ2n) is 7.92. The van der Waals surface area contributed by atoms with E-state index in [9.17, 15) is 29.1 Å². The molecule has 0 rings (SSSR count). The zero-order valence-electron chi connectivity index (χ0n) is 18.6. The van der Waals surface area contributed by atoms with Crippen molar-refractivity contribution in [2.45, 2.75) is 64.7 Å². The lowest BCUT2D eigenvalue weighted by atomic mass is 9.99. The van der Waals surface area contributed by atoms with Crippen molar-refractivity contribution < 1.29 is 29.1 Å². The van der Waals surface area contributed by atoms with Gasteiger partial charge in [0.2, 0.25) is 23.6 Å². The van der Waals surface area contributed by atoms with Crippen LogP contribution in [0.25, 0.3) is 0 Å². The van der Waals surface area contributed by atoms with Crippen LogP contribution in [0, 0.1) is 11.8 Å². The van der Waals surface area contributed by atoms with E-state index >= 15 is 0 Å². The molecule has 11 nitrogen and oxygen atoms in total. The van der Waals surface area contributed by atoms with Gasteiger partial charge in [0.25, 0.3) is 0 Å². The van der Waals surface area contributed by atoms with E-state index in [1.807, 2.05) is 6.26 Å². The first-order valence-corrected chi connectivity index (χ1v) is 11.4. The topological polar surface area (TPSA) is 194 Å². The van der Waals surface area contributed by atoms with Gasteiger partial charge in [-0.3, -0.25) is 19.2 Å². The van der Waals surface area contributed by atoms with Crippen molar-refractivity contribution in [2.24, 2.45) is 23.3 Å². The van der Waals surface area contributed by atoms with E-state index in [2.05, 4.69) is 16.0 Å². The maximum Gasteiger partial charge on any atom is 0.326 e. The Balaban J connectivity index is 5.38. The summed E-state index contributed by atoms with van der Waals surface area (Å²) in [6.45, 7) is 6.72. The van der Waals surface area contributed by atoms with Gasteiger partial charge in [0.05, 0.1) is 12.5 Å². The third-order valence-corrected chi connectivity index (χ3v) is 5.12. The van der Waals surface area contributed by atoms with Gasteiger partial charge >= 0.3 is 5.97 Å². The number of primary amides is 1. The van der Waals surface area contributed by atoms with Gasteiger partial charge in [-0.05, 0) is 30.3 Å². The molecule has 4 amide bonds. The number of hydrogen-bond donors (Lipinski definition) is 6. The fourth-order valence-corrected chi connectivity index (χ4v) is 3.11. The average Bonchev–Trinajstić information content (AvgIpc) is 2.65. The number of amides is 4. The number of carboxylic acid groups (broad SMARTS) is 1. The van der Waals surface area contributed by atoms with E-state index in [1.165, 1.54) is 11.8 Å². The highest BCUT2D eigenvalue weighted by Gasteiger charge is 2.32. The molecule has 8 N–H and O–H groups in total. The van der Waals surface area contributed by atoms with Crippen molar-refractivity contribution in [1.29, 1.82) is 0 Å². The number of nitrogens with two attached hydrogens (primary N) is 2. The van der Waals surface area contributed by atoms with Crippen LogP contribution in [0.15, 0.2) is 0 Å². The number of carbonyl (C=O) groups is 5. The van der Waals surface area contributed by atoms with Crippen LogP contribution in [0.5, 0.6) is 0 Å². The molecule has 0 saturated carbocycles. The van der Waals surface area contributed by atoms with Crippen molar-refractivity contribution in [1.82, 2.24) is 16.0 Å². The van der Waals surface area contributed by atoms with E-state index in [0.717, 1.165) is 0 Å². The summed E-state index contributed by atoms with van der Waals surface area (Å²) in [4.78, 5) is 60.1. The van der Waals surface area contributed by atoms with Crippen LogP contribution in [0.1, 0.15) is 40.5 Å². The summed E-state index contributed by atoms with van der Waals surface area (Å²) in [6.07, 6.45) is 1.72. The van der Waals surface area contributed by atoms with Crippen LogP contribution < -0.4 is 27.4 Å². The standard InChI is InChI=1S/C19H35N5O6S/c1-9(2)14(18(28)24-15(10(3)4)19(29)30)23-17(27)12(6-7-31-5)22-16(26)11(20)8-13(21)25/h9-12,14-15H,6-8,20H2,1-5H3,(H2,21,25)(H,22,26)(H,23,27)(H,24,28)(H,29,30). The highest BCUT2D eigenvalue weighted by molar-refractivity contribution is 7.98. The first-order valence-electron chi connectivity index (χ1n) is 9.98. The first-order chi connectivity index (χ1) is 14.3. The lowest BCUT2D eigenvalue weighted by molar-refractivity contribution is -0.143. The van der Waals surface area contributed by atoms with E-state index in [1.54, 1.807) is 27.7 Å². The van der Waals surface area contributed by atoms with Crippen LogP contribution in [0.3, 0.4) is 0 Å². The summed E-state index contributed by atoms with van der Waals surface area (Å²) in [5, 5.41) is 16.8. The lowest BCUT2D eigenvalue weighted by Gasteiger charge is -2.27. The maximum atomic E-state index is 12.8. The Hall–Kier alpha value is -2.34. The third kappa shape index (κ3) is 10.5. The molecule has 0 radical (unpaired) electrons. The van der Waals surface area contributed by atoms with Gasteiger partial charge in [-0.15, -0.1) is 0 Å². The number of carbonyl (C=O) groups excluding carboxylic acids is 4. The van der Waals surface area contributed by atoms with Gasteiger partial charge in [-0.2, -0.15) is 11.8 Å². The molecule has 4 unspecified atom stereocenters. The van der Waals surface area contributed by atoms with Crippen molar-refractivity contribution in [2.75, 3.05) is 12.0 Å². The minimum Gasteiger partial charge on any atom is -0.480 e. The Bertz CT molecular complexity index is 658. The van der Waals surface area contributed by atoms with Crippen molar-refractivity contribution in [3.8, 4) is 0 Å². The van der Waals surface area contributed by atoms with E-state index in [4.69, 9.17) is 11.5 Å². The summed E-state index contributed by atoms with van der Waals surface area (Å²) in [5.41, 5.74) is 10.7. The molecule has 0 aliphatic rings. The summed E-state index contributed by atoms with van der Waals surface area (Å²) in [5.74, 6) is -4.05. The van der Waals surface area contributed by atoms with Crippen LogP contribution in [-0.2, 0) is 24.0 Å². The zero-order valence-corrected chi connectivity index (χ0v) is 19.5. The van der Waals surface area contributed by atoms with Crippen molar-refractivity contribution in [3.05, 3.63) is 0 Å². The molecule has 0 saturated heterocycles. The van der Waals surface area contributed by atoms with Gasteiger partial charge < -0.3 is 32.5 Å². The Labute approximate surface area is 186 Å². The second kappa shape index (κ2) is 13.9. The number of hydrogen-bond acceptors (Lipinski definition) is 7. The highest BCUT2D eigenvalue weighted by Crippen LogP contribution is 2.08. The third-order valence-electron chi connectivity index (χ3n) is 4.48. The number of rotatable bonds is 14. The molecule has 0 fully saturated rings. The molecule has 4 atom stereocenters. The number of carboxylic acids is 1. The lowest BCUT2D eigenvalue weighted by Crippen LogP contribution is -2.59. The number of aliphatic carboxylic acids is 1. The van der Waals surface area contributed by atoms with Crippen molar-refractivity contribution in [3.63, 3.8) is 0 Å². The molecule has 0 bridgehead atoms. The van der Waals surface area contributed by atoms with Crippen LogP contribution in [0.4, 0.5) is 0 Å². The van der Waals surface area contributed by atoms with Gasteiger partial charge in [0, 0.05) is 0 Å². The molecule has 31 heavy (non-hydrogen) atoms. The monoisotopic (exact) mass is 461 g/mol. The quantitative estimate of drug-likeness (QED) is 0.185. The smallest absolute Gasteiger partial charge is 0.326 e. The molecule has 178 valence electrons. The predicted octanol–water partition coefficient (Wildman–Crippen LogP) is -1.21. The van der Waals surface area contributed by atoms with Crippen LogP contribution >= 0.6 is 11.8 Å². The Morgan fingerprint density at radius 3 is 1.81 bits per heavy atom. The van der Waals surface area contributed by atoms with Gasteiger partial charge in [0.1, 0.15) is 18.1 Å². The SMILES string of the molecule is CSCCC(NC(=O)C(N)CC(N)=O)C(=O)NC(C(=O)NC(C(=O)O)C(C)C)C(C)C. The molecule has 0 aromatic carbocycles. The number of nitrogens with one attached hydrogen (secondary N) is 3. The fourth-order valence-electron chi connectivity index (χ4n) is 2.64. The zero-order chi connectivity index (χ0) is 24.3. The van der Waals surface area contributed by atoms with Gasteiger partial charge in [-0.1, -0.05) is 27.7 Å². The minimum absolute atomic E-state index is 0.262. The van der Waals surface area contributed by atoms with E-state index in [-0.39, 0.29) is 24.7 Å². The normalized spacial score (nSPS) is 15.0. The Morgan fingerprint density at radius 2 is 1.39 bits per heavy atom. The van der Waals surface area contributed by atoms with Gasteiger partial charge in [0.15, 0.2) is 0 Å². The molecule has 0 aromatic rings. The second-order valence-corrected chi connectivity index (χ2v) is 8.90. The van der Waals surface area contributed by atoms with Gasteiger partial charge in [-0.25, -0.2) is 4.79 Å². The molecule has 0 aliphatic carbocycles. The summed E-state index contributed by atoms with van der Waals surface area (Å²) in [7, 11) is 0. The Morgan fingerprint density at radius 1 is 0.871 bits per heavy atom. The molecule has 0 aliphatic heterocycles. The largest absolute Gasteiger partial charge is 0.480 e. The van der Waals surface area contributed by atoms with Crippen LogP contribution in [0.2, 0.25) is 0 Å². The van der Waals surface area contributed by atoms with E-state index in [0.29, 0.717) is 5.75 Å². The molecule has 0 aromatic heterocycles. The maximum absolute atomic E-state index is 12.8. The first kappa shape index (κ1) is 28.7. The summed E-state index contributed by atoms with van der Waals surface area (Å²) in [6, 6.07) is -4.31. The molecular formula is C19H35N5O6S. The fraction of sp³-hybridized carbons (Fsp3) is 0.737. The molecule has 0 spiro atoms. The highest BCUT2D eigenvalue weighted by atomic mass is 32.2. The minimum atomic E-state index is -1.20.